The van der Waals surface area contributed by atoms with Crippen LogP contribution in [0, 0.1) is 0 Å². The highest BCUT2D eigenvalue weighted by Crippen LogP contribution is 2.36. The average molecular weight is 313 g/mol. The first-order valence-electron chi connectivity index (χ1n) is 7.58. The van der Waals surface area contributed by atoms with E-state index in [2.05, 4.69) is 17.1 Å². The zero-order valence-corrected chi connectivity index (χ0v) is 13.9. The molecular formula is C16H25ClN2O2. The molecule has 1 heterocycles. The van der Waals surface area contributed by atoms with Crippen LogP contribution in [0.4, 0.5) is 5.69 Å². The van der Waals surface area contributed by atoms with Gasteiger partial charge in [-0.3, -0.25) is 0 Å². The molecule has 0 radical (unpaired) electrons. The molecule has 1 aromatic carbocycles. The van der Waals surface area contributed by atoms with Crippen molar-refractivity contribution in [1.82, 2.24) is 4.90 Å². The van der Waals surface area contributed by atoms with E-state index in [1.807, 2.05) is 6.07 Å². The number of ether oxygens (including phenoxy) is 2. The molecule has 1 aliphatic heterocycles. The van der Waals surface area contributed by atoms with Crippen LogP contribution in [0.25, 0.3) is 0 Å². The third kappa shape index (κ3) is 4.17. The number of nitrogens with one attached hydrogen (secondary N) is 1. The van der Waals surface area contributed by atoms with Crippen LogP contribution in [-0.4, -0.2) is 44.8 Å². The molecule has 5 heteroatoms. The molecule has 21 heavy (non-hydrogen) atoms. The highest BCUT2D eigenvalue weighted by Gasteiger charge is 2.18. The van der Waals surface area contributed by atoms with Crippen LogP contribution in [0.5, 0.6) is 11.5 Å². The van der Waals surface area contributed by atoms with Gasteiger partial charge in [0.25, 0.3) is 0 Å². The first-order chi connectivity index (χ1) is 10.2. The van der Waals surface area contributed by atoms with Crippen molar-refractivity contribution < 1.29 is 9.47 Å². The molecule has 0 saturated carbocycles. The Hall–Kier alpha value is -1.13. The third-order valence-electron chi connectivity index (χ3n) is 4.10. The van der Waals surface area contributed by atoms with Gasteiger partial charge in [0.1, 0.15) is 0 Å². The van der Waals surface area contributed by atoms with E-state index < -0.39 is 0 Å². The zero-order chi connectivity index (χ0) is 15.2. The fourth-order valence-corrected chi connectivity index (χ4v) is 3.01. The lowest BCUT2D eigenvalue weighted by atomic mass is 10.1. The number of anilines is 1. The lowest BCUT2D eigenvalue weighted by Gasteiger charge is -2.21. The Balaban J connectivity index is 2.08. The summed E-state index contributed by atoms with van der Waals surface area (Å²) >= 11 is 6.34. The Morgan fingerprint density at radius 3 is 2.57 bits per heavy atom. The van der Waals surface area contributed by atoms with E-state index in [-0.39, 0.29) is 0 Å². The van der Waals surface area contributed by atoms with Crippen LogP contribution in [0.2, 0.25) is 5.02 Å². The molecule has 1 fully saturated rings. The van der Waals surface area contributed by atoms with Crippen molar-refractivity contribution in [2.24, 2.45) is 0 Å². The monoisotopic (exact) mass is 312 g/mol. The molecule has 0 aliphatic carbocycles. The minimum Gasteiger partial charge on any atom is -0.493 e. The molecule has 0 amide bonds. The first-order valence-corrected chi connectivity index (χ1v) is 7.96. The zero-order valence-electron chi connectivity index (χ0n) is 13.1. The smallest absolute Gasteiger partial charge is 0.162 e. The molecule has 1 atom stereocenters. The van der Waals surface area contributed by atoms with Crippen LogP contribution >= 0.6 is 11.6 Å². The van der Waals surface area contributed by atoms with Crippen LogP contribution in [0.15, 0.2) is 12.1 Å². The van der Waals surface area contributed by atoms with Crippen molar-refractivity contribution in [1.29, 1.82) is 0 Å². The van der Waals surface area contributed by atoms with Gasteiger partial charge in [-0.25, -0.2) is 0 Å². The number of hydrogen-bond donors (Lipinski definition) is 1. The maximum Gasteiger partial charge on any atom is 0.162 e. The predicted octanol–water partition coefficient (Wildman–Crippen LogP) is 3.64. The predicted molar refractivity (Wildman–Crippen MR) is 87.9 cm³/mol. The Bertz CT molecular complexity index is 468. The van der Waals surface area contributed by atoms with E-state index in [4.69, 9.17) is 21.1 Å². The average Bonchev–Trinajstić information content (AvgIpc) is 2.74. The van der Waals surface area contributed by atoms with Crippen molar-refractivity contribution in [3.63, 3.8) is 0 Å². The number of nitrogens with zero attached hydrogens (tertiary/aromatic N) is 1. The van der Waals surface area contributed by atoms with Gasteiger partial charge in [0, 0.05) is 24.7 Å². The maximum absolute atomic E-state index is 6.34. The number of halogens is 1. The fraction of sp³-hybridized carbons (Fsp3) is 0.625. The van der Waals surface area contributed by atoms with Gasteiger partial charge < -0.3 is 19.7 Å². The standard InChI is InChI=1S/C16H25ClN2O2/c1-4-19-8-5-6-12(7-9-19)18-14-11-16(21-3)15(20-2)10-13(14)17/h10-12,18H,4-9H2,1-3H3. The van der Waals surface area contributed by atoms with Crippen molar-refractivity contribution in [3.05, 3.63) is 17.2 Å². The quantitative estimate of drug-likeness (QED) is 0.900. The Morgan fingerprint density at radius 1 is 1.19 bits per heavy atom. The van der Waals surface area contributed by atoms with E-state index in [1.165, 1.54) is 19.4 Å². The highest BCUT2D eigenvalue weighted by molar-refractivity contribution is 6.33. The van der Waals surface area contributed by atoms with Gasteiger partial charge in [-0.1, -0.05) is 18.5 Å². The van der Waals surface area contributed by atoms with Crippen LogP contribution in [0.3, 0.4) is 0 Å². The van der Waals surface area contributed by atoms with Gasteiger partial charge in [-0.05, 0) is 32.4 Å². The maximum atomic E-state index is 6.34. The third-order valence-corrected chi connectivity index (χ3v) is 4.41. The summed E-state index contributed by atoms with van der Waals surface area (Å²) in [4.78, 5) is 2.50. The minimum atomic E-state index is 0.456. The van der Waals surface area contributed by atoms with Crippen molar-refractivity contribution in [2.75, 3.05) is 39.2 Å². The normalized spacial score (nSPS) is 19.9. The molecule has 4 nitrogen and oxygen atoms in total. The molecule has 1 unspecified atom stereocenters. The molecule has 1 N–H and O–H groups in total. The molecule has 118 valence electrons. The fourth-order valence-electron chi connectivity index (χ4n) is 2.80. The van der Waals surface area contributed by atoms with Gasteiger partial charge in [0.05, 0.1) is 24.9 Å². The van der Waals surface area contributed by atoms with E-state index in [0.717, 1.165) is 25.2 Å². The van der Waals surface area contributed by atoms with Crippen LogP contribution < -0.4 is 14.8 Å². The van der Waals surface area contributed by atoms with E-state index in [9.17, 15) is 0 Å². The van der Waals surface area contributed by atoms with E-state index in [1.54, 1.807) is 20.3 Å². The number of rotatable bonds is 5. The summed E-state index contributed by atoms with van der Waals surface area (Å²) in [7, 11) is 3.26. The molecule has 1 aliphatic rings. The largest absolute Gasteiger partial charge is 0.493 e. The second-order valence-corrected chi connectivity index (χ2v) is 5.80. The summed E-state index contributed by atoms with van der Waals surface area (Å²) in [5.74, 6) is 1.36. The van der Waals surface area contributed by atoms with Gasteiger partial charge in [-0.2, -0.15) is 0 Å². The Labute approximate surface area is 132 Å². The van der Waals surface area contributed by atoms with Gasteiger partial charge in [0.2, 0.25) is 0 Å². The van der Waals surface area contributed by atoms with Gasteiger partial charge in [-0.15, -0.1) is 0 Å². The summed E-state index contributed by atoms with van der Waals surface area (Å²) in [6.07, 6.45) is 3.52. The molecule has 1 aromatic rings. The van der Waals surface area contributed by atoms with Crippen molar-refractivity contribution in [2.45, 2.75) is 32.2 Å². The van der Waals surface area contributed by atoms with Gasteiger partial charge >= 0.3 is 0 Å². The van der Waals surface area contributed by atoms with Crippen LogP contribution in [-0.2, 0) is 0 Å². The Morgan fingerprint density at radius 2 is 1.90 bits per heavy atom. The van der Waals surface area contributed by atoms with Crippen LogP contribution in [0.1, 0.15) is 26.2 Å². The lowest BCUT2D eigenvalue weighted by molar-refractivity contribution is 0.300. The highest BCUT2D eigenvalue weighted by atomic mass is 35.5. The molecule has 0 bridgehead atoms. The topological polar surface area (TPSA) is 33.7 Å². The van der Waals surface area contributed by atoms with Crippen molar-refractivity contribution in [3.8, 4) is 11.5 Å². The SMILES string of the molecule is CCN1CCCC(Nc2cc(OC)c(OC)cc2Cl)CC1. The summed E-state index contributed by atoms with van der Waals surface area (Å²) in [5.41, 5.74) is 0.921. The summed E-state index contributed by atoms with van der Waals surface area (Å²) in [6.45, 7) is 5.68. The summed E-state index contributed by atoms with van der Waals surface area (Å²) in [6, 6.07) is 4.18. The van der Waals surface area contributed by atoms with Crippen molar-refractivity contribution >= 4 is 17.3 Å². The number of benzene rings is 1. The molecule has 0 spiro atoms. The second kappa shape index (κ2) is 7.76. The summed E-state index contributed by atoms with van der Waals surface area (Å²) < 4.78 is 10.6. The number of methoxy groups -OCH3 is 2. The molecule has 2 rings (SSSR count). The van der Waals surface area contributed by atoms with E-state index >= 15 is 0 Å². The Kier molecular flexibility index (Phi) is 6.00. The number of likely N-dealkylation sites (tertiary alicyclic amines) is 1. The first kappa shape index (κ1) is 16.2. The second-order valence-electron chi connectivity index (χ2n) is 5.39. The van der Waals surface area contributed by atoms with E-state index in [0.29, 0.717) is 22.6 Å². The summed E-state index contributed by atoms with van der Waals surface area (Å²) in [5, 5.41) is 4.24. The molecule has 1 saturated heterocycles. The van der Waals surface area contributed by atoms with Gasteiger partial charge in [0.15, 0.2) is 11.5 Å². The molecule has 0 aromatic heterocycles. The lowest BCUT2D eigenvalue weighted by Crippen LogP contribution is -2.26. The number of hydrogen-bond acceptors (Lipinski definition) is 4. The minimum absolute atomic E-state index is 0.456. The molecular weight excluding hydrogens is 288 g/mol.